The summed E-state index contributed by atoms with van der Waals surface area (Å²) < 4.78 is 101. The number of H-pyrrole nitrogens is 1. The molecule has 3 aromatic carbocycles. The number of ether oxygens (including phenoxy) is 1. The number of para-hydroxylation sites is 1. The molecule has 1 aliphatic heterocycles. The number of alkyl halides is 3. The zero-order valence-corrected chi connectivity index (χ0v) is 24.1. The SMILES string of the molecule is COc1ccccc1-c1cnc(C(Cc2ccc(C3CC(=O)NS3(=O)=O)cc2)NS(=O)(=O)c2cccc(C(F)(F)F)c2)[nH]1. The molecule has 0 saturated carbocycles. The van der Waals surface area contributed by atoms with Crippen molar-refractivity contribution < 1.29 is 39.5 Å². The second kappa shape index (κ2) is 11.5. The van der Waals surface area contributed by atoms with Crippen molar-refractivity contribution in [2.24, 2.45) is 0 Å². The van der Waals surface area contributed by atoms with Gasteiger partial charge in [0.1, 0.15) is 16.8 Å². The Labute approximate surface area is 245 Å². The van der Waals surface area contributed by atoms with E-state index < -0.39 is 53.9 Å². The number of methoxy groups -OCH3 is 1. The summed E-state index contributed by atoms with van der Waals surface area (Å²) in [6.45, 7) is 0. The van der Waals surface area contributed by atoms with E-state index in [0.717, 1.165) is 18.2 Å². The monoisotopic (exact) mass is 634 g/mol. The molecule has 10 nitrogen and oxygen atoms in total. The highest BCUT2D eigenvalue weighted by Gasteiger charge is 2.38. The van der Waals surface area contributed by atoms with Gasteiger partial charge in [-0.1, -0.05) is 42.5 Å². The minimum absolute atomic E-state index is 0.00799. The quantitative estimate of drug-likeness (QED) is 0.249. The number of carbonyl (C=O) groups excluding carboxylic acids is 1. The maximum absolute atomic E-state index is 13.3. The van der Waals surface area contributed by atoms with Crippen molar-refractivity contribution in [2.45, 2.75) is 35.2 Å². The molecule has 5 rings (SSSR count). The van der Waals surface area contributed by atoms with Gasteiger partial charge in [-0.25, -0.2) is 26.5 Å². The minimum Gasteiger partial charge on any atom is -0.496 e. The highest BCUT2D eigenvalue weighted by atomic mass is 32.2. The Morgan fingerprint density at radius 1 is 1.07 bits per heavy atom. The Balaban J connectivity index is 1.49. The number of benzene rings is 3. The normalized spacial score (nSPS) is 17.4. The molecule has 4 aromatic rings. The van der Waals surface area contributed by atoms with Gasteiger partial charge in [-0.2, -0.15) is 13.2 Å². The summed E-state index contributed by atoms with van der Waals surface area (Å²) >= 11 is 0. The number of amides is 1. The van der Waals surface area contributed by atoms with Crippen LogP contribution in [0, 0.1) is 0 Å². The molecule has 2 heterocycles. The van der Waals surface area contributed by atoms with Gasteiger partial charge in [-0.05, 0) is 47.9 Å². The maximum atomic E-state index is 13.3. The van der Waals surface area contributed by atoms with Crippen molar-refractivity contribution in [1.29, 1.82) is 0 Å². The first-order valence-electron chi connectivity index (χ1n) is 12.8. The van der Waals surface area contributed by atoms with E-state index in [4.69, 9.17) is 4.74 Å². The molecule has 1 aliphatic rings. The van der Waals surface area contributed by atoms with Crippen molar-refractivity contribution >= 4 is 26.0 Å². The smallest absolute Gasteiger partial charge is 0.416 e. The zero-order valence-electron chi connectivity index (χ0n) is 22.4. The number of rotatable bonds is 9. The van der Waals surface area contributed by atoms with Crippen LogP contribution in [0.2, 0.25) is 0 Å². The van der Waals surface area contributed by atoms with Crippen LogP contribution >= 0.6 is 0 Å². The van der Waals surface area contributed by atoms with Gasteiger partial charge < -0.3 is 9.72 Å². The first kappa shape index (κ1) is 30.3. The molecule has 1 amide bonds. The van der Waals surface area contributed by atoms with Gasteiger partial charge in [-0.3, -0.25) is 9.52 Å². The molecule has 0 spiro atoms. The molecule has 15 heteroatoms. The number of imidazole rings is 1. The predicted octanol–water partition coefficient (Wildman–Crippen LogP) is 4.26. The Bertz CT molecular complexity index is 1870. The van der Waals surface area contributed by atoms with Gasteiger partial charge in [0.15, 0.2) is 0 Å². The molecule has 43 heavy (non-hydrogen) atoms. The lowest BCUT2D eigenvalue weighted by atomic mass is 10.0. The Kier molecular flexibility index (Phi) is 8.07. The number of aromatic nitrogens is 2. The fraction of sp³-hybridized carbons (Fsp3) is 0.214. The summed E-state index contributed by atoms with van der Waals surface area (Å²) in [5.41, 5.74) is 0.974. The average Bonchev–Trinajstić information content (AvgIpc) is 3.56. The van der Waals surface area contributed by atoms with Gasteiger partial charge in [0, 0.05) is 5.56 Å². The Hall–Kier alpha value is -4.21. The summed E-state index contributed by atoms with van der Waals surface area (Å²) in [4.78, 5) is 18.5. The van der Waals surface area contributed by atoms with Crippen LogP contribution in [0.15, 0.2) is 83.9 Å². The highest BCUT2D eigenvalue weighted by Crippen LogP contribution is 2.33. The number of nitrogens with zero attached hydrogens (tertiary/aromatic N) is 1. The highest BCUT2D eigenvalue weighted by molar-refractivity contribution is 7.90. The lowest BCUT2D eigenvalue weighted by Gasteiger charge is -2.18. The van der Waals surface area contributed by atoms with E-state index in [1.807, 2.05) is 4.72 Å². The number of hydrogen-bond donors (Lipinski definition) is 3. The first-order chi connectivity index (χ1) is 20.3. The summed E-state index contributed by atoms with van der Waals surface area (Å²) in [5.74, 6) is 0.0970. The number of hydrogen-bond acceptors (Lipinski definition) is 7. The van der Waals surface area contributed by atoms with Gasteiger partial charge >= 0.3 is 6.18 Å². The molecule has 0 radical (unpaired) electrons. The van der Waals surface area contributed by atoms with Crippen LogP contribution in [0.3, 0.4) is 0 Å². The van der Waals surface area contributed by atoms with Crippen LogP contribution in [0.5, 0.6) is 5.75 Å². The summed E-state index contributed by atoms with van der Waals surface area (Å²) in [6.07, 6.45) is -3.49. The van der Waals surface area contributed by atoms with Crippen molar-refractivity contribution in [3.63, 3.8) is 0 Å². The minimum atomic E-state index is -4.75. The van der Waals surface area contributed by atoms with Gasteiger partial charge in [0.25, 0.3) is 0 Å². The van der Waals surface area contributed by atoms with Crippen LogP contribution in [0.1, 0.15) is 40.2 Å². The summed E-state index contributed by atoms with van der Waals surface area (Å²) in [7, 11) is -6.85. The van der Waals surface area contributed by atoms with Crippen LogP contribution in [-0.4, -0.2) is 39.8 Å². The number of halogens is 3. The largest absolute Gasteiger partial charge is 0.496 e. The van der Waals surface area contributed by atoms with E-state index in [-0.39, 0.29) is 18.7 Å². The van der Waals surface area contributed by atoms with Crippen molar-refractivity contribution in [2.75, 3.05) is 7.11 Å². The maximum Gasteiger partial charge on any atom is 0.416 e. The number of sulfonamides is 2. The molecule has 3 N–H and O–H groups in total. The lowest BCUT2D eigenvalue weighted by Crippen LogP contribution is -2.31. The van der Waals surface area contributed by atoms with E-state index in [0.29, 0.717) is 34.2 Å². The third-order valence-corrected chi connectivity index (χ3v) is 10.1. The molecule has 1 fully saturated rings. The van der Waals surface area contributed by atoms with E-state index in [1.165, 1.54) is 25.4 Å². The van der Waals surface area contributed by atoms with E-state index in [1.54, 1.807) is 36.4 Å². The Morgan fingerprint density at radius 2 is 1.79 bits per heavy atom. The second-order valence-electron chi connectivity index (χ2n) is 9.79. The molecule has 1 aromatic heterocycles. The van der Waals surface area contributed by atoms with Crippen LogP contribution in [0.25, 0.3) is 11.3 Å². The van der Waals surface area contributed by atoms with Crippen LogP contribution < -0.4 is 14.2 Å². The Morgan fingerprint density at radius 3 is 2.44 bits per heavy atom. The molecular weight excluding hydrogens is 609 g/mol. The number of carbonyl (C=O) groups is 1. The van der Waals surface area contributed by atoms with Crippen molar-refractivity contribution in [1.82, 2.24) is 19.4 Å². The third-order valence-electron chi connectivity index (χ3n) is 6.88. The van der Waals surface area contributed by atoms with Gasteiger partial charge in [0.05, 0.1) is 41.9 Å². The second-order valence-corrected chi connectivity index (χ2v) is 13.4. The average molecular weight is 635 g/mol. The molecule has 2 atom stereocenters. The van der Waals surface area contributed by atoms with Gasteiger partial charge in [-0.15, -0.1) is 0 Å². The predicted molar refractivity (Wildman–Crippen MR) is 150 cm³/mol. The van der Waals surface area contributed by atoms with Crippen molar-refractivity contribution in [3.05, 3.63) is 102 Å². The standard InChI is InChI=1S/C28H25F3N4O6S2/c1-41-24-8-3-2-7-21(24)23-16-32-27(33-23)22(34-42(37,38)20-6-4-5-19(14-20)28(29,30)31)13-17-9-11-18(12-10-17)25-15-26(36)35-43(25,39)40/h2-12,14,16,22,25,34H,13,15H2,1H3,(H,32,33)(H,35,36). The van der Waals surface area contributed by atoms with Crippen LogP contribution in [0.4, 0.5) is 13.2 Å². The zero-order chi connectivity index (χ0) is 31.0. The summed E-state index contributed by atoms with van der Waals surface area (Å²) in [6, 6.07) is 15.6. The van der Waals surface area contributed by atoms with Crippen molar-refractivity contribution in [3.8, 4) is 17.0 Å². The molecular formula is C28H25F3N4O6S2. The molecule has 2 unspecified atom stereocenters. The van der Waals surface area contributed by atoms with Gasteiger partial charge in [0.2, 0.25) is 26.0 Å². The molecule has 0 aliphatic carbocycles. The fourth-order valence-electron chi connectivity index (χ4n) is 4.76. The molecule has 226 valence electrons. The van der Waals surface area contributed by atoms with E-state index in [2.05, 4.69) is 14.7 Å². The van der Waals surface area contributed by atoms with E-state index in [9.17, 15) is 34.8 Å². The summed E-state index contributed by atoms with van der Waals surface area (Å²) in [5, 5.41) is -1.06. The number of nitrogens with one attached hydrogen (secondary N) is 3. The van der Waals surface area contributed by atoms with E-state index >= 15 is 0 Å². The number of aromatic amines is 1. The third kappa shape index (κ3) is 6.58. The fourth-order valence-corrected chi connectivity index (χ4v) is 7.43. The topological polar surface area (TPSA) is 147 Å². The first-order valence-corrected chi connectivity index (χ1v) is 15.8. The molecule has 0 bridgehead atoms. The lowest BCUT2D eigenvalue weighted by molar-refractivity contribution is -0.137. The molecule has 1 saturated heterocycles. The van der Waals surface area contributed by atoms with Crippen LogP contribution in [-0.2, 0) is 37.4 Å².